The van der Waals surface area contributed by atoms with Crippen molar-refractivity contribution < 1.29 is 38.9 Å². The summed E-state index contributed by atoms with van der Waals surface area (Å²) in [7, 11) is 0. The summed E-state index contributed by atoms with van der Waals surface area (Å²) in [5, 5.41) is 37.2. The summed E-state index contributed by atoms with van der Waals surface area (Å²) in [5.41, 5.74) is 5.28. The number of nitrogens with zero attached hydrogens (tertiary/aromatic N) is 10. The van der Waals surface area contributed by atoms with E-state index in [1.165, 1.54) is 6.20 Å². The maximum Gasteiger partial charge on any atom is 0.261 e. The van der Waals surface area contributed by atoms with Crippen LogP contribution in [0.3, 0.4) is 0 Å². The number of carbonyl (C=O) groups is 4. The summed E-state index contributed by atoms with van der Waals surface area (Å²) >= 11 is 0. The molecule has 2 aliphatic carbocycles. The Labute approximate surface area is 440 Å². The Morgan fingerprint density at radius 3 is 1.76 bits per heavy atom. The van der Waals surface area contributed by atoms with Crippen molar-refractivity contribution >= 4 is 57.7 Å². The van der Waals surface area contributed by atoms with E-state index in [0.29, 0.717) is 91.1 Å². The van der Waals surface area contributed by atoms with Gasteiger partial charge in [-0.3, -0.25) is 19.2 Å². The second kappa shape index (κ2) is 19.5. The fourth-order valence-electron chi connectivity index (χ4n) is 12.8. The first kappa shape index (κ1) is 49.9. The van der Waals surface area contributed by atoms with Gasteiger partial charge in [-0.15, -0.1) is 0 Å². The van der Waals surface area contributed by atoms with Crippen LogP contribution in [0.1, 0.15) is 143 Å². The number of hydrogen-bond donors (Lipinski definition) is 4. The molecule has 398 valence electrons. The van der Waals surface area contributed by atoms with Crippen LogP contribution in [0.5, 0.6) is 0 Å². The van der Waals surface area contributed by atoms with E-state index in [4.69, 9.17) is 14.6 Å². The van der Waals surface area contributed by atoms with Gasteiger partial charge in [0.2, 0.25) is 0 Å². The van der Waals surface area contributed by atoms with E-state index in [9.17, 15) is 24.6 Å². The molecule has 1 atom stereocenters. The number of anilines is 4. The number of hydrogen-bond acceptors (Lipinski definition) is 14. The van der Waals surface area contributed by atoms with Crippen LogP contribution in [-0.4, -0.2) is 142 Å². The molecule has 4 aromatic heterocycles. The number of rotatable bonds is 11. The minimum Gasteiger partial charge on any atom is -0.390 e. The molecule has 2 aromatic carbocycles. The number of benzene rings is 2. The van der Waals surface area contributed by atoms with Gasteiger partial charge in [0.25, 0.3) is 23.6 Å². The zero-order valence-corrected chi connectivity index (χ0v) is 43.6. The van der Waals surface area contributed by atoms with Gasteiger partial charge in [0, 0.05) is 80.7 Å². The van der Waals surface area contributed by atoms with Gasteiger partial charge in [-0.2, -0.15) is 10.2 Å². The van der Waals surface area contributed by atoms with E-state index in [-0.39, 0.29) is 60.0 Å². The highest BCUT2D eigenvalue weighted by molar-refractivity contribution is 6.12. The quantitative estimate of drug-likeness (QED) is 0.112. The first-order valence-electron chi connectivity index (χ1n) is 26.9. The lowest BCUT2D eigenvalue weighted by Gasteiger charge is -2.39. The molecular weight excluding hydrogens is 969 g/mol. The molecule has 6 aromatic rings. The van der Waals surface area contributed by atoms with Crippen LogP contribution in [0.4, 0.5) is 22.7 Å². The van der Waals surface area contributed by atoms with Crippen LogP contribution < -0.4 is 20.4 Å². The maximum atomic E-state index is 15.2. The molecule has 0 bridgehead atoms. The summed E-state index contributed by atoms with van der Waals surface area (Å²) in [5.74, 6) is -0.616. The minimum atomic E-state index is -0.790. The highest BCUT2D eigenvalue weighted by Crippen LogP contribution is 2.43. The molecule has 20 heteroatoms. The Hall–Kier alpha value is -7.00. The first-order chi connectivity index (χ1) is 36.6. The van der Waals surface area contributed by atoms with Gasteiger partial charge >= 0.3 is 0 Å². The molecule has 6 aliphatic rings. The molecule has 4 N–H and O–H groups in total. The number of ether oxygens (including phenoxy) is 2. The number of fused-ring (bicyclic) bond motifs is 4. The third kappa shape index (κ3) is 9.21. The van der Waals surface area contributed by atoms with Crippen LogP contribution in [0.2, 0.25) is 0 Å². The maximum absolute atomic E-state index is 15.2. The fraction of sp³-hybridized carbons (Fsp3) is 0.500. The zero-order valence-electron chi connectivity index (χ0n) is 43.6. The van der Waals surface area contributed by atoms with Crippen molar-refractivity contribution in [3.63, 3.8) is 0 Å². The van der Waals surface area contributed by atoms with Crippen molar-refractivity contribution in [2.75, 3.05) is 66.4 Å². The number of nitrogens with one attached hydrogen (secondary N) is 2. The lowest BCUT2D eigenvalue weighted by Crippen LogP contribution is -2.42. The second-order valence-corrected chi connectivity index (χ2v) is 22.6. The van der Waals surface area contributed by atoms with Crippen molar-refractivity contribution in [3.05, 3.63) is 106 Å². The number of aromatic nitrogens is 6. The van der Waals surface area contributed by atoms with Crippen LogP contribution in [0.15, 0.2) is 67.4 Å². The average Bonchev–Trinajstić information content (AvgIpc) is 4.21. The van der Waals surface area contributed by atoms with E-state index in [0.717, 1.165) is 68.2 Å². The molecule has 2 saturated heterocycles. The third-order valence-corrected chi connectivity index (χ3v) is 17.1. The summed E-state index contributed by atoms with van der Waals surface area (Å²) in [6.07, 6.45) is 13.9. The largest absolute Gasteiger partial charge is 0.390 e. The molecule has 1 unspecified atom stereocenters. The van der Waals surface area contributed by atoms with Crippen LogP contribution >= 0.6 is 0 Å². The molecule has 4 fully saturated rings. The van der Waals surface area contributed by atoms with Gasteiger partial charge in [-0.05, 0) is 138 Å². The van der Waals surface area contributed by atoms with Crippen LogP contribution in [0, 0.1) is 11.8 Å². The van der Waals surface area contributed by atoms with Crippen molar-refractivity contribution in [2.45, 2.75) is 122 Å². The van der Waals surface area contributed by atoms with Gasteiger partial charge < -0.3 is 49.9 Å². The number of amides is 4. The van der Waals surface area contributed by atoms with Gasteiger partial charge in [0.15, 0.2) is 11.3 Å². The number of carbonyl (C=O) groups excluding carboxylic acids is 4. The van der Waals surface area contributed by atoms with Crippen molar-refractivity contribution in [2.24, 2.45) is 11.8 Å². The van der Waals surface area contributed by atoms with E-state index in [1.54, 1.807) is 46.0 Å². The van der Waals surface area contributed by atoms with E-state index in [1.807, 2.05) is 61.8 Å². The highest BCUT2D eigenvalue weighted by Gasteiger charge is 2.42. The molecule has 2 saturated carbocycles. The lowest BCUT2D eigenvalue weighted by molar-refractivity contribution is -0.0113. The van der Waals surface area contributed by atoms with Gasteiger partial charge in [-0.1, -0.05) is 0 Å². The summed E-state index contributed by atoms with van der Waals surface area (Å²) < 4.78 is 15.4. The molecule has 8 heterocycles. The fourth-order valence-corrected chi connectivity index (χ4v) is 12.8. The topological polar surface area (TPSA) is 225 Å². The molecule has 0 spiro atoms. The Balaban J connectivity index is 0.853. The monoisotopic (exact) mass is 1030 g/mol. The lowest BCUT2D eigenvalue weighted by atomic mass is 9.77. The smallest absolute Gasteiger partial charge is 0.261 e. The molecule has 20 nitrogen and oxygen atoms in total. The molecular formula is C56H66N12O8. The normalized spacial score (nSPS) is 23.4. The number of aliphatic hydroxyl groups is 2. The SMILES string of the molecule is CC(C)(O)[C@H]1CC[C@H](N2Cc3cc(NC(=O)c4cnn5cccnc45)c(N4CCOC(c5nn6cccnc6c5C(=O)Nc5cc6c(cc5N5CCOCC5)C(=O)N([C@H]5CC[C@@H](C(C)(C)O)CC5)C6)C4)cc3C2=O)CC1. The second-order valence-electron chi connectivity index (χ2n) is 22.6. The van der Waals surface area contributed by atoms with Gasteiger partial charge in [-0.25, -0.2) is 19.0 Å². The van der Waals surface area contributed by atoms with Crippen LogP contribution in [0.25, 0.3) is 11.3 Å². The Kier molecular flexibility index (Phi) is 12.8. The zero-order chi connectivity index (χ0) is 52.6. The first-order valence-corrected chi connectivity index (χ1v) is 26.9. The molecule has 12 rings (SSSR count). The Morgan fingerprint density at radius 1 is 0.658 bits per heavy atom. The predicted octanol–water partition coefficient (Wildman–Crippen LogP) is 6.26. The third-order valence-electron chi connectivity index (χ3n) is 17.1. The van der Waals surface area contributed by atoms with Crippen LogP contribution in [-0.2, 0) is 22.6 Å². The minimum absolute atomic E-state index is 0.0145. The van der Waals surface area contributed by atoms with Gasteiger partial charge in [0.1, 0.15) is 22.9 Å². The number of morpholine rings is 2. The summed E-state index contributed by atoms with van der Waals surface area (Å²) in [6.45, 7) is 11.2. The Bertz CT molecular complexity index is 3250. The van der Waals surface area contributed by atoms with Crippen molar-refractivity contribution in [1.29, 1.82) is 0 Å². The van der Waals surface area contributed by atoms with Crippen molar-refractivity contribution in [1.82, 2.24) is 39.0 Å². The standard InChI is InChI=1S/C56H66N12O8/c1-55(2,73)35-7-11-37(12-8-35)65-30-33-25-42(44(27-39(33)53(65)71)63-19-22-75-23-20-63)61-52(70)47-48(62-68-18-6-16-58-50(47)68)46-32-64(21-24-76-46)45-28-40-34(31-66(54(40)72)38-13-9-36(10-14-38)56(3,4)74)26-43(45)60-51(69)41-29-59-67-17-5-15-57-49(41)67/h5-6,15-18,25-29,35-38,46,73-74H,7-14,19-24,30-32H2,1-4H3,(H,60,69)(H,61,70)/t35-,36-,37+,38-,46?. The Morgan fingerprint density at radius 2 is 1.18 bits per heavy atom. The molecule has 76 heavy (non-hydrogen) atoms. The van der Waals surface area contributed by atoms with E-state index in [2.05, 4.69) is 35.5 Å². The highest BCUT2D eigenvalue weighted by atomic mass is 16.5. The molecule has 4 amide bonds. The van der Waals surface area contributed by atoms with Gasteiger partial charge in [0.05, 0.1) is 66.5 Å². The summed E-state index contributed by atoms with van der Waals surface area (Å²) in [4.78, 5) is 75.4. The predicted molar refractivity (Wildman–Crippen MR) is 283 cm³/mol. The van der Waals surface area contributed by atoms with E-state index < -0.39 is 29.1 Å². The summed E-state index contributed by atoms with van der Waals surface area (Å²) in [6, 6.07) is 11.2. The van der Waals surface area contributed by atoms with E-state index >= 15 is 4.79 Å². The van der Waals surface area contributed by atoms with Crippen molar-refractivity contribution in [3.8, 4) is 0 Å². The molecule has 0 radical (unpaired) electrons. The average molecular weight is 1040 g/mol. The molecule has 4 aliphatic heterocycles.